The van der Waals surface area contributed by atoms with Crippen LogP contribution in [0.5, 0.6) is 0 Å². The number of hydrogen-bond acceptors (Lipinski definition) is 5. The van der Waals surface area contributed by atoms with E-state index in [-0.39, 0.29) is 5.92 Å². The maximum absolute atomic E-state index is 11.4. The molecule has 3 unspecified atom stereocenters. The molecular formula is C13H17N5O2. The van der Waals surface area contributed by atoms with Crippen molar-refractivity contribution in [3.05, 3.63) is 12.2 Å². The van der Waals surface area contributed by atoms with Crippen LogP contribution in [-0.4, -0.2) is 31.0 Å². The second-order valence-corrected chi connectivity index (χ2v) is 5.38. The number of fused-ring (bicyclic) bond motifs is 1. The topological polar surface area (TPSA) is 118 Å². The number of H-pyrrole nitrogens is 1. The molecule has 3 atom stereocenters. The van der Waals surface area contributed by atoms with Crippen LogP contribution in [0.2, 0.25) is 0 Å². The average molecular weight is 275 g/mol. The van der Waals surface area contributed by atoms with Crippen molar-refractivity contribution in [2.24, 2.45) is 11.8 Å². The van der Waals surface area contributed by atoms with Crippen LogP contribution in [0.4, 0.5) is 5.82 Å². The van der Waals surface area contributed by atoms with Gasteiger partial charge in [-0.25, -0.2) is 15.0 Å². The van der Waals surface area contributed by atoms with E-state index < -0.39 is 11.9 Å². The molecule has 0 aliphatic heterocycles. The van der Waals surface area contributed by atoms with Gasteiger partial charge in [0.05, 0.1) is 5.92 Å². The lowest BCUT2D eigenvalue weighted by atomic mass is 9.96. The molecule has 1 saturated carbocycles. The minimum absolute atomic E-state index is 0.106. The Hall–Kier alpha value is -2.18. The highest BCUT2D eigenvalue weighted by Crippen LogP contribution is 2.43. The van der Waals surface area contributed by atoms with Crippen molar-refractivity contribution in [1.29, 1.82) is 0 Å². The minimum atomic E-state index is -0.759. The van der Waals surface area contributed by atoms with Crippen molar-refractivity contribution in [2.45, 2.75) is 32.1 Å². The maximum Gasteiger partial charge on any atom is 0.307 e. The number of carboxylic acid groups (broad SMARTS) is 1. The molecule has 1 aliphatic carbocycles. The summed E-state index contributed by atoms with van der Waals surface area (Å²) in [6.45, 7) is 2.09. The highest BCUT2D eigenvalue weighted by atomic mass is 16.4. The van der Waals surface area contributed by atoms with E-state index in [0.29, 0.717) is 35.1 Å². The Morgan fingerprint density at radius 2 is 2.30 bits per heavy atom. The van der Waals surface area contributed by atoms with E-state index in [1.165, 1.54) is 6.33 Å². The quantitative estimate of drug-likeness (QED) is 0.782. The van der Waals surface area contributed by atoms with Crippen LogP contribution in [0.25, 0.3) is 11.2 Å². The molecule has 1 aliphatic rings. The first-order chi connectivity index (χ1) is 9.60. The number of carboxylic acids is 1. The van der Waals surface area contributed by atoms with Crippen LogP contribution in [0.3, 0.4) is 0 Å². The van der Waals surface area contributed by atoms with Gasteiger partial charge in [-0.05, 0) is 18.8 Å². The van der Waals surface area contributed by atoms with Gasteiger partial charge in [-0.3, -0.25) is 4.79 Å². The molecule has 2 aromatic heterocycles. The van der Waals surface area contributed by atoms with E-state index in [1.807, 2.05) is 0 Å². The third-order valence-electron chi connectivity index (χ3n) is 4.24. The number of nitrogens with two attached hydrogens (primary N) is 1. The zero-order chi connectivity index (χ0) is 14.3. The van der Waals surface area contributed by atoms with E-state index >= 15 is 0 Å². The first-order valence-electron chi connectivity index (χ1n) is 6.79. The normalized spacial score (nSPS) is 26.1. The Morgan fingerprint density at radius 1 is 1.50 bits per heavy atom. The van der Waals surface area contributed by atoms with Crippen LogP contribution >= 0.6 is 0 Å². The number of aromatic nitrogens is 4. The predicted octanol–water partition coefficient (Wildman–Crippen LogP) is 1.54. The molecule has 0 bridgehead atoms. The molecule has 2 heterocycles. The van der Waals surface area contributed by atoms with Crippen LogP contribution in [0.15, 0.2) is 6.33 Å². The van der Waals surface area contributed by atoms with E-state index in [9.17, 15) is 9.90 Å². The number of carbonyl (C=O) groups is 1. The molecule has 0 saturated heterocycles. The summed E-state index contributed by atoms with van der Waals surface area (Å²) in [7, 11) is 0. The molecule has 1 fully saturated rings. The van der Waals surface area contributed by atoms with Gasteiger partial charge in [-0.1, -0.05) is 13.3 Å². The van der Waals surface area contributed by atoms with Gasteiger partial charge in [0.15, 0.2) is 11.5 Å². The number of aliphatic carboxylic acids is 1. The Labute approximate surface area is 115 Å². The van der Waals surface area contributed by atoms with E-state index in [4.69, 9.17) is 5.73 Å². The number of nitrogens with zero attached hydrogens (tertiary/aromatic N) is 3. The lowest BCUT2D eigenvalue weighted by Gasteiger charge is -2.12. The zero-order valence-corrected chi connectivity index (χ0v) is 11.2. The summed E-state index contributed by atoms with van der Waals surface area (Å²) in [5.74, 6) is 0.171. The third-order valence-corrected chi connectivity index (χ3v) is 4.24. The summed E-state index contributed by atoms with van der Waals surface area (Å²) in [6.07, 6.45) is 3.89. The summed E-state index contributed by atoms with van der Waals surface area (Å²) in [5.41, 5.74) is 6.86. The van der Waals surface area contributed by atoms with E-state index in [0.717, 1.165) is 12.8 Å². The number of rotatable bonds is 3. The van der Waals surface area contributed by atoms with E-state index in [1.54, 1.807) is 0 Å². The van der Waals surface area contributed by atoms with Crippen LogP contribution < -0.4 is 5.73 Å². The van der Waals surface area contributed by atoms with Gasteiger partial charge in [0.2, 0.25) is 0 Å². The summed E-state index contributed by atoms with van der Waals surface area (Å²) >= 11 is 0. The van der Waals surface area contributed by atoms with Crippen molar-refractivity contribution in [3.63, 3.8) is 0 Å². The molecule has 20 heavy (non-hydrogen) atoms. The fraction of sp³-hybridized carbons (Fsp3) is 0.538. The Balaban J connectivity index is 2.00. The van der Waals surface area contributed by atoms with Crippen molar-refractivity contribution in [3.8, 4) is 0 Å². The fourth-order valence-corrected chi connectivity index (χ4v) is 3.09. The predicted molar refractivity (Wildman–Crippen MR) is 73.0 cm³/mol. The highest BCUT2D eigenvalue weighted by molar-refractivity contribution is 5.81. The molecule has 7 heteroatoms. The fourth-order valence-electron chi connectivity index (χ4n) is 3.09. The maximum atomic E-state index is 11.4. The smallest absolute Gasteiger partial charge is 0.307 e. The lowest BCUT2D eigenvalue weighted by molar-refractivity contribution is -0.142. The number of aromatic amines is 1. The first kappa shape index (κ1) is 12.8. The molecular weight excluding hydrogens is 258 g/mol. The summed E-state index contributed by atoms with van der Waals surface area (Å²) in [6, 6.07) is 0. The molecule has 106 valence electrons. The van der Waals surface area contributed by atoms with Gasteiger partial charge in [0.1, 0.15) is 17.7 Å². The Kier molecular flexibility index (Phi) is 3.04. The largest absolute Gasteiger partial charge is 0.481 e. The molecule has 0 radical (unpaired) electrons. The summed E-state index contributed by atoms with van der Waals surface area (Å²) < 4.78 is 0. The second kappa shape index (κ2) is 4.73. The summed E-state index contributed by atoms with van der Waals surface area (Å²) in [5, 5.41) is 9.39. The van der Waals surface area contributed by atoms with Gasteiger partial charge in [0.25, 0.3) is 0 Å². The van der Waals surface area contributed by atoms with Gasteiger partial charge in [0, 0.05) is 5.92 Å². The summed E-state index contributed by atoms with van der Waals surface area (Å²) in [4.78, 5) is 26.9. The van der Waals surface area contributed by atoms with Gasteiger partial charge < -0.3 is 15.8 Å². The number of hydrogen-bond donors (Lipinski definition) is 3. The Bertz CT molecular complexity index is 653. The van der Waals surface area contributed by atoms with Crippen LogP contribution in [0.1, 0.15) is 37.9 Å². The monoisotopic (exact) mass is 275 g/mol. The third kappa shape index (κ3) is 1.99. The average Bonchev–Trinajstić information content (AvgIpc) is 3.02. The Morgan fingerprint density at radius 3 is 2.95 bits per heavy atom. The second-order valence-electron chi connectivity index (χ2n) is 5.38. The number of nitrogen functional groups attached to an aromatic ring is 1. The molecule has 0 aromatic carbocycles. The lowest BCUT2D eigenvalue weighted by Crippen LogP contribution is -2.17. The van der Waals surface area contributed by atoms with E-state index in [2.05, 4.69) is 26.9 Å². The van der Waals surface area contributed by atoms with Gasteiger partial charge in [-0.15, -0.1) is 0 Å². The van der Waals surface area contributed by atoms with Gasteiger partial charge in [-0.2, -0.15) is 0 Å². The SMILES string of the molecule is CCC1CC(C(=O)O)C(c2nc3ncnc(N)c3[nH]2)C1. The molecule has 2 aromatic rings. The molecule has 4 N–H and O–H groups in total. The minimum Gasteiger partial charge on any atom is -0.481 e. The number of nitrogens with one attached hydrogen (secondary N) is 1. The number of anilines is 1. The van der Waals surface area contributed by atoms with Crippen LogP contribution in [0, 0.1) is 11.8 Å². The van der Waals surface area contributed by atoms with Crippen molar-refractivity contribution < 1.29 is 9.90 Å². The molecule has 7 nitrogen and oxygen atoms in total. The first-order valence-corrected chi connectivity index (χ1v) is 6.79. The standard InChI is InChI=1S/C13H17N5O2/c1-2-6-3-7(8(4-6)13(19)20)11-17-9-10(14)15-5-16-12(9)18-11/h5-8H,2-4H2,1H3,(H,19,20)(H3,14,15,16,17,18). The number of imidazole rings is 1. The molecule has 0 amide bonds. The van der Waals surface area contributed by atoms with Gasteiger partial charge >= 0.3 is 5.97 Å². The van der Waals surface area contributed by atoms with Crippen LogP contribution in [-0.2, 0) is 4.79 Å². The van der Waals surface area contributed by atoms with Crippen molar-refractivity contribution in [1.82, 2.24) is 19.9 Å². The molecule has 0 spiro atoms. The zero-order valence-electron chi connectivity index (χ0n) is 11.2. The highest BCUT2D eigenvalue weighted by Gasteiger charge is 2.40. The van der Waals surface area contributed by atoms with Crippen molar-refractivity contribution >= 4 is 23.0 Å². The molecule has 3 rings (SSSR count). The van der Waals surface area contributed by atoms with Crippen molar-refractivity contribution in [2.75, 3.05) is 5.73 Å².